The average Bonchev–Trinajstić information content (AvgIpc) is 3.01. The summed E-state index contributed by atoms with van der Waals surface area (Å²) in [4.78, 5) is 12.6. The van der Waals surface area contributed by atoms with E-state index in [1.807, 2.05) is 0 Å². The van der Waals surface area contributed by atoms with Crippen molar-refractivity contribution >= 4 is 33.2 Å². The molecule has 0 aliphatic carbocycles. The number of nitrogens with one attached hydrogen (secondary N) is 1. The molecule has 0 bridgehead atoms. The molecule has 2 heterocycles. The third kappa shape index (κ3) is 4.32. The number of hydrogen-bond donors (Lipinski definition) is 1. The summed E-state index contributed by atoms with van der Waals surface area (Å²) in [5, 5.41) is 7.45. The first kappa shape index (κ1) is 19.8. The lowest BCUT2D eigenvalue weighted by molar-refractivity contribution is -0.119. The van der Waals surface area contributed by atoms with E-state index in [2.05, 4.69) is 10.4 Å². The van der Waals surface area contributed by atoms with Crippen LogP contribution in [0.25, 0.3) is 0 Å². The molecule has 1 aromatic carbocycles. The van der Waals surface area contributed by atoms with E-state index in [0.717, 1.165) is 0 Å². The zero-order chi connectivity index (χ0) is 19.6. The van der Waals surface area contributed by atoms with Crippen molar-refractivity contribution in [2.75, 3.05) is 31.6 Å². The van der Waals surface area contributed by atoms with Gasteiger partial charge in [-0.3, -0.25) is 9.48 Å². The molecule has 8 nitrogen and oxygen atoms in total. The minimum atomic E-state index is -3.56. The lowest BCUT2D eigenvalue weighted by Gasteiger charge is -2.26. The summed E-state index contributed by atoms with van der Waals surface area (Å²) in [5.41, 5.74) is 1.15. The van der Waals surface area contributed by atoms with Gasteiger partial charge in [0.2, 0.25) is 15.9 Å². The van der Waals surface area contributed by atoms with Crippen LogP contribution in [0.4, 0.5) is 5.69 Å². The van der Waals surface area contributed by atoms with Gasteiger partial charge in [-0.05, 0) is 38.1 Å². The van der Waals surface area contributed by atoms with Gasteiger partial charge in [-0.25, -0.2) is 8.42 Å². The molecule has 27 heavy (non-hydrogen) atoms. The van der Waals surface area contributed by atoms with Gasteiger partial charge in [-0.15, -0.1) is 0 Å². The molecule has 1 amide bonds. The maximum Gasteiger partial charge on any atom is 0.248 e. The van der Waals surface area contributed by atoms with Crippen LogP contribution in [0.5, 0.6) is 0 Å². The number of benzene rings is 1. The fraction of sp³-hybridized carbons (Fsp3) is 0.412. The van der Waals surface area contributed by atoms with Crippen LogP contribution in [-0.4, -0.2) is 54.7 Å². The summed E-state index contributed by atoms with van der Waals surface area (Å²) in [7, 11) is -3.56. The number of morpholine rings is 1. The van der Waals surface area contributed by atoms with Crippen LogP contribution in [0.15, 0.2) is 35.4 Å². The van der Waals surface area contributed by atoms with E-state index < -0.39 is 16.1 Å². The Balaban J connectivity index is 1.69. The van der Waals surface area contributed by atoms with Gasteiger partial charge in [0.25, 0.3) is 0 Å². The highest BCUT2D eigenvalue weighted by atomic mass is 35.5. The maximum atomic E-state index is 12.6. The molecule has 1 fully saturated rings. The Bertz CT molecular complexity index is 901. The van der Waals surface area contributed by atoms with Crippen LogP contribution in [0.2, 0.25) is 5.02 Å². The van der Waals surface area contributed by atoms with E-state index in [-0.39, 0.29) is 10.8 Å². The maximum absolute atomic E-state index is 12.6. The molecule has 1 atom stereocenters. The van der Waals surface area contributed by atoms with Crippen molar-refractivity contribution in [3.05, 3.63) is 41.2 Å². The van der Waals surface area contributed by atoms with Gasteiger partial charge in [0.05, 0.1) is 28.8 Å². The number of aromatic nitrogens is 2. The van der Waals surface area contributed by atoms with Crippen LogP contribution < -0.4 is 5.32 Å². The fourth-order valence-electron chi connectivity index (χ4n) is 2.67. The Morgan fingerprint density at radius 2 is 1.89 bits per heavy atom. The summed E-state index contributed by atoms with van der Waals surface area (Å²) in [6.45, 7) is 4.92. The van der Waals surface area contributed by atoms with Gasteiger partial charge in [0.1, 0.15) is 6.04 Å². The largest absolute Gasteiger partial charge is 0.379 e. The quantitative estimate of drug-likeness (QED) is 0.811. The number of hydrogen-bond acceptors (Lipinski definition) is 5. The Labute approximate surface area is 163 Å². The standard InChI is InChI=1S/C17H21ClN4O4S/c1-12-16(18)11-22(20-12)13(2)17(23)19-14-3-5-15(6-4-14)27(24,25)21-7-9-26-10-8-21/h3-6,11,13H,7-10H2,1-2H3,(H,19,23). The molecule has 3 rings (SSSR count). The highest BCUT2D eigenvalue weighted by molar-refractivity contribution is 7.89. The van der Waals surface area contributed by atoms with Gasteiger partial charge >= 0.3 is 0 Å². The van der Waals surface area contributed by atoms with E-state index in [4.69, 9.17) is 16.3 Å². The third-order valence-corrected chi connectivity index (χ3v) is 6.65. The first-order chi connectivity index (χ1) is 12.8. The summed E-state index contributed by atoms with van der Waals surface area (Å²) >= 11 is 5.98. The fourth-order valence-corrected chi connectivity index (χ4v) is 4.22. The third-order valence-electron chi connectivity index (χ3n) is 4.36. The Morgan fingerprint density at radius 3 is 2.44 bits per heavy atom. The number of carbonyl (C=O) groups is 1. The average molecular weight is 413 g/mol. The second-order valence-corrected chi connectivity index (χ2v) is 8.59. The molecule has 1 aliphatic heterocycles. The number of aryl methyl sites for hydroxylation is 1. The van der Waals surface area contributed by atoms with Crippen LogP contribution >= 0.6 is 11.6 Å². The Morgan fingerprint density at radius 1 is 1.26 bits per heavy atom. The monoisotopic (exact) mass is 412 g/mol. The van der Waals surface area contributed by atoms with Gasteiger partial charge in [-0.2, -0.15) is 9.40 Å². The highest BCUT2D eigenvalue weighted by Gasteiger charge is 2.26. The van der Waals surface area contributed by atoms with E-state index in [0.29, 0.717) is 42.7 Å². The Hall–Kier alpha value is -1.94. The molecule has 1 aliphatic rings. The molecule has 1 aromatic heterocycles. The van der Waals surface area contributed by atoms with Crippen LogP contribution in [0, 0.1) is 6.92 Å². The Kier molecular flexibility index (Phi) is 5.85. The molecule has 1 N–H and O–H groups in total. The van der Waals surface area contributed by atoms with E-state index in [1.54, 1.807) is 32.2 Å². The number of amides is 1. The number of nitrogens with zero attached hydrogens (tertiary/aromatic N) is 3. The van der Waals surface area contributed by atoms with Gasteiger partial charge < -0.3 is 10.1 Å². The first-order valence-corrected chi connectivity index (χ1v) is 10.3. The zero-order valence-corrected chi connectivity index (χ0v) is 16.6. The minimum Gasteiger partial charge on any atom is -0.379 e. The second-order valence-electron chi connectivity index (χ2n) is 6.25. The minimum absolute atomic E-state index is 0.185. The molecule has 10 heteroatoms. The van der Waals surface area contributed by atoms with Gasteiger partial charge in [0.15, 0.2) is 0 Å². The molecular weight excluding hydrogens is 392 g/mol. The number of rotatable bonds is 5. The van der Waals surface area contributed by atoms with Crippen molar-refractivity contribution in [2.24, 2.45) is 0 Å². The van der Waals surface area contributed by atoms with Gasteiger partial charge in [0, 0.05) is 25.0 Å². The first-order valence-electron chi connectivity index (χ1n) is 8.49. The summed E-state index contributed by atoms with van der Waals surface area (Å²) in [6, 6.07) is 5.55. The van der Waals surface area contributed by atoms with E-state index >= 15 is 0 Å². The second kappa shape index (κ2) is 7.97. The highest BCUT2D eigenvalue weighted by Crippen LogP contribution is 2.21. The molecular formula is C17H21ClN4O4S. The van der Waals surface area contributed by atoms with Crippen molar-refractivity contribution in [1.82, 2.24) is 14.1 Å². The van der Waals surface area contributed by atoms with Crippen molar-refractivity contribution in [2.45, 2.75) is 24.8 Å². The molecule has 146 valence electrons. The summed E-state index contributed by atoms with van der Waals surface area (Å²) < 4.78 is 33.3. The lowest BCUT2D eigenvalue weighted by atomic mass is 10.2. The molecule has 0 radical (unpaired) electrons. The summed E-state index contributed by atoms with van der Waals surface area (Å²) in [6.07, 6.45) is 1.60. The summed E-state index contributed by atoms with van der Waals surface area (Å²) in [5.74, 6) is -0.280. The van der Waals surface area contributed by atoms with Crippen LogP contribution in [-0.2, 0) is 19.6 Å². The van der Waals surface area contributed by atoms with Crippen LogP contribution in [0.1, 0.15) is 18.7 Å². The number of carbonyl (C=O) groups excluding carboxylic acids is 1. The topological polar surface area (TPSA) is 93.5 Å². The number of anilines is 1. The number of ether oxygens (including phenoxy) is 1. The van der Waals surface area contributed by atoms with Crippen molar-refractivity contribution in [3.8, 4) is 0 Å². The molecule has 1 saturated heterocycles. The van der Waals surface area contributed by atoms with Crippen molar-refractivity contribution in [1.29, 1.82) is 0 Å². The van der Waals surface area contributed by atoms with Gasteiger partial charge in [-0.1, -0.05) is 11.6 Å². The van der Waals surface area contributed by atoms with Crippen molar-refractivity contribution in [3.63, 3.8) is 0 Å². The van der Waals surface area contributed by atoms with Crippen LogP contribution in [0.3, 0.4) is 0 Å². The predicted octanol–water partition coefficient (Wildman–Crippen LogP) is 2.07. The predicted molar refractivity (Wildman–Crippen MR) is 101 cm³/mol. The molecule has 0 spiro atoms. The molecule has 1 unspecified atom stereocenters. The lowest BCUT2D eigenvalue weighted by Crippen LogP contribution is -2.40. The molecule has 2 aromatic rings. The molecule has 0 saturated carbocycles. The van der Waals surface area contributed by atoms with E-state index in [9.17, 15) is 13.2 Å². The van der Waals surface area contributed by atoms with Crippen molar-refractivity contribution < 1.29 is 17.9 Å². The number of sulfonamides is 1. The normalized spacial score (nSPS) is 16.9. The smallest absolute Gasteiger partial charge is 0.248 e. The SMILES string of the molecule is Cc1nn(C(C)C(=O)Nc2ccc(S(=O)(=O)N3CCOCC3)cc2)cc1Cl. The van der Waals surface area contributed by atoms with E-state index in [1.165, 1.54) is 21.1 Å². The number of halogens is 1. The zero-order valence-electron chi connectivity index (χ0n) is 15.1.